The zero-order valence-corrected chi connectivity index (χ0v) is 15.5. The highest BCUT2D eigenvalue weighted by Gasteiger charge is 2.12. The number of benzene rings is 1. The van der Waals surface area contributed by atoms with Crippen molar-refractivity contribution in [1.82, 2.24) is 14.9 Å². The van der Waals surface area contributed by atoms with Gasteiger partial charge in [-0.3, -0.25) is 4.99 Å². The highest BCUT2D eigenvalue weighted by Crippen LogP contribution is 2.34. The molecule has 7 heteroatoms. The predicted octanol–water partition coefficient (Wildman–Crippen LogP) is 2.82. The van der Waals surface area contributed by atoms with Crippen LogP contribution in [0.25, 0.3) is 10.9 Å². The molecular formula is C18H27N5O2. The summed E-state index contributed by atoms with van der Waals surface area (Å²) >= 11 is 0. The normalized spacial score (nSPS) is 11.4. The van der Waals surface area contributed by atoms with Crippen LogP contribution in [-0.2, 0) is 0 Å². The molecule has 0 aliphatic heterocycles. The predicted molar refractivity (Wildman–Crippen MR) is 102 cm³/mol. The minimum Gasteiger partial charge on any atom is -0.493 e. The third-order valence-corrected chi connectivity index (χ3v) is 3.49. The maximum absolute atomic E-state index is 5.92. The summed E-state index contributed by atoms with van der Waals surface area (Å²) in [5.74, 6) is 2.14. The van der Waals surface area contributed by atoms with Gasteiger partial charge in [-0.05, 0) is 26.9 Å². The molecule has 25 heavy (non-hydrogen) atoms. The van der Waals surface area contributed by atoms with E-state index in [9.17, 15) is 0 Å². The Balaban J connectivity index is 2.29. The lowest BCUT2D eigenvalue weighted by molar-refractivity contribution is 0.278. The number of anilines is 1. The fourth-order valence-corrected chi connectivity index (χ4v) is 2.34. The van der Waals surface area contributed by atoms with Gasteiger partial charge < -0.3 is 19.7 Å². The lowest BCUT2D eigenvalue weighted by Crippen LogP contribution is -2.15. The van der Waals surface area contributed by atoms with Crippen molar-refractivity contribution in [3.63, 3.8) is 0 Å². The average Bonchev–Trinajstić information content (AvgIpc) is 2.61. The maximum atomic E-state index is 5.92. The Morgan fingerprint density at radius 2 is 2.04 bits per heavy atom. The summed E-state index contributed by atoms with van der Waals surface area (Å²) in [4.78, 5) is 14.8. The van der Waals surface area contributed by atoms with Crippen molar-refractivity contribution in [3.8, 4) is 11.5 Å². The first-order valence-corrected chi connectivity index (χ1v) is 8.52. The Morgan fingerprint density at radius 1 is 1.20 bits per heavy atom. The van der Waals surface area contributed by atoms with Gasteiger partial charge in [0.25, 0.3) is 0 Å². The fraction of sp³-hybridized carbons (Fsp3) is 0.500. The molecule has 2 rings (SSSR count). The molecule has 0 unspecified atom stereocenters. The molecule has 0 aliphatic carbocycles. The largest absolute Gasteiger partial charge is 0.493 e. The molecule has 0 saturated heterocycles. The zero-order chi connectivity index (χ0) is 18.1. The van der Waals surface area contributed by atoms with Crippen molar-refractivity contribution in [3.05, 3.63) is 18.5 Å². The summed E-state index contributed by atoms with van der Waals surface area (Å²) in [6.45, 7) is 4.33. The fourth-order valence-electron chi connectivity index (χ4n) is 2.34. The third kappa shape index (κ3) is 5.56. The molecule has 0 saturated carbocycles. The number of nitrogens with zero attached hydrogens (tertiary/aromatic N) is 4. The van der Waals surface area contributed by atoms with Crippen molar-refractivity contribution in [2.24, 2.45) is 4.99 Å². The first kappa shape index (κ1) is 18.9. The van der Waals surface area contributed by atoms with Gasteiger partial charge in [-0.1, -0.05) is 6.92 Å². The summed E-state index contributed by atoms with van der Waals surface area (Å²) in [7, 11) is 5.81. The molecule has 7 nitrogen and oxygen atoms in total. The van der Waals surface area contributed by atoms with Crippen LogP contribution in [0.3, 0.4) is 0 Å². The lowest BCUT2D eigenvalue weighted by Gasteiger charge is -2.14. The van der Waals surface area contributed by atoms with Crippen LogP contribution in [0.5, 0.6) is 11.5 Å². The molecule has 0 radical (unpaired) electrons. The average molecular weight is 345 g/mol. The van der Waals surface area contributed by atoms with Gasteiger partial charge in [0.1, 0.15) is 23.6 Å². The Bertz CT molecular complexity index is 703. The number of rotatable bonds is 10. The molecule has 0 amide bonds. The smallest absolute Gasteiger partial charge is 0.146 e. The van der Waals surface area contributed by atoms with Crippen molar-refractivity contribution in [1.29, 1.82) is 0 Å². The molecular weight excluding hydrogens is 318 g/mol. The maximum Gasteiger partial charge on any atom is 0.146 e. The van der Waals surface area contributed by atoms with E-state index in [4.69, 9.17) is 9.47 Å². The molecule has 0 fully saturated rings. The van der Waals surface area contributed by atoms with Gasteiger partial charge in [-0.2, -0.15) is 0 Å². The SMILES string of the molecule is CCCOc1cc(OCCCN(C)C)cc2ncnc(NC=NC)c12. The van der Waals surface area contributed by atoms with Crippen molar-refractivity contribution < 1.29 is 9.47 Å². The molecule has 0 aliphatic rings. The first-order chi connectivity index (χ1) is 12.2. The molecule has 1 heterocycles. The van der Waals surface area contributed by atoms with Gasteiger partial charge in [0.05, 0.1) is 30.5 Å². The van der Waals surface area contributed by atoms with Crippen molar-refractivity contribution >= 4 is 23.1 Å². The van der Waals surface area contributed by atoms with E-state index >= 15 is 0 Å². The number of fused-ring (bicyclic) bond motifs is 1. The number of aromatic nitrogens is 2. The zero-order valence-electron chi connectivity index (χ0n) is 15.5. The van der Waals surface area contributed by atoms with Gasteiger partial charge in [0, 0.05) is 25.7 Å². The van der Waals surface area contributed by atoms with Gasteiger partial charge in [0.2, 0.25) is 0 Å². The Kier molecular flexibility index (Phi) is 7.40. The number of ether oxygens (including phenoxy) is 2. The Labute approximate surface area is 149 Å². The van der Waals surface area contributed by atoms with Crippen LogP contribution in [0.2, 0.25) is 0 Å². The molecule has 0 bridgehead atoms. The minimum absolute atomic E-state index is 0.620. The third-order valence-electron chi connectivity index (χ3n) is 3.49. The molecule has 1 aromatic carbocycles. The van der Waals surface area contributed by atoms with Crippen LogP contribution in [0.1, 0.15) is 19.8 Å². The number of hydrogen-bond acceptors (Lipinski definition) is 6. The van der Waals surface area contributed by atoms with E-state index in [1.165, 1.54) is 6.33 Å². The molecule has 2 aromatic rings. The summed E-state index contributed by atoms with van der Waals surface area (Å²) in [6, 6.07) is 3.82. The van der Waals surface area contributed by atoms with Crippen LogP contribution in [0.15, 0.2) is 23.5 Å². The topological polar surface area (TPSA) is 71.9 Å². The number of aliphatic imine (C=N–C) groups is 1. The van der Waals surface area contributed by atoms with E-state index < -0.39 is 0 Å². The summed E-state index contributed by atoms with van der Waals surface area (Å²) in [5.41, 5.74) is 0.776. The highest BCUT2D eigenvalue weighted by atomic mass is 16.5. The van der Waals surface area contributed by atoms with E-state index in [0.717, 1.165) is 41.8 Å². The molecule has 136 valence electrons. The number of hydrogen-bond donors (Lipinski definition) is 1. The van der Waals surface area contributed by atoms with Crippen LogP contribution in [0.4, 0.5) is 5.82 Å². The van der Waals surface area contributed by atoms with Crippen molar-refractivity contribution in [2.45, 2.75) is 19.8 Å². The Morgan fingerprint density at radius 3 is 2.76 bits per heavy atom. The second-order valence-corrected chi connectivity index (χ2v) is 5.92. The Hall–Kier alpha value is -2.41. The van der Waals surface area contributed by atoms with Gasteiger partial charge >= 0.3 is 0 Å². The van der Waals surface area contributed by atoms with E-state index in [1.54, 1.807) is 13.4 Å². The van der Waals surface area contributed by atoms with Crippen LogP contribution >= 0.6 is 0 Å². The second-order valence-electron chi connectivity index (χ2n) is 5.92. The number of nitrogens with one attached hydrogen (secondary N) is 1. The highest BCUT2D eigenvalue weighted by molar-refractivity contribution is 5.98. The van der Waals surface area contributed by atoms with E-state index in [1.807, 2.05) is 12.1 Å². The van der Waals surface area contributed by atoms with Gasteiger partial charge in [0.15, 0.2) is 0 Å². The molecule has 0 spiro atoms. The van der Waals surface area contributed by atoms with Crippen LogP contribution in [-0.4, -0.2) is 62.1 Å². The molecule has 1 N–H and O–H groups in total. The standard InChI is InChI=1S/C18H27N5O2/c1-5-8-25-16-11-14(24-9-6-7-23(3)4)10-15-17(16)18(21-12-19-2)22-13-20-15/h10-13H,5-9H2,1-4H3,(H,19,20,21,22). The molecule has 0 atom stereocenters. The van der Waals surface area contributed by atoms with Crippen LogP contribution < -0.4 is 14.8 Å². The van der Waals surface area contributed by atoms with E-state index in [0.29, 0.717) is 19.0 Å². The van der Waals surface area contributed by atoms with E-state index in [2.05, 4.69) is 46.2 Å². The van der Waals surface area contributed by atoms with Gasteiger partial charge in [-0.25, -0.2) is 9.97 Å². The second kappa shape index (κ2) is 9.78. The summed E-state index contributed by atoms with van der Waals surface area (Å²) < 4.78 is 11.8. The first-order valence-electron chi connectivity index (χ1n) is 8.52. The van der Waals surface area contributed by atoms with Crippen molar-refractivity contribution in [2.75, 3.05) is 46.2 Å². The minimum atomic E-state index is 0.620. The summed E-state index contributed by atoms with van der Waals surface area (Å²) in [6.07, 6.45) is 4.99. The molecule has 1 aromatic heterocycles. The van der Waals surface area contributed by atoms with Gasteiger partial charge in [-0.15, -0.1) is 0 Å². The van der Waals surface area contributed by atoms with Crippen LogP contribution in [0, 0.1) is 0 Å². The monoisotopic (exact) mass is 345 g/mol. The quantitative estimate of drug-likeness (QED) is 0.406. The van der Waals surface area contributed by atoms with E-state index in [-0.39, 0.29) is 0 Å². The summed E-state index contributed by atoms with van der Waals surface area (Å²) in [5, 5.41) is 3.90. The lowest BCUT2D eigenvalue weighted by atomic mass is 10.2.